The van der Waals surface area contributed by atoms with Gasteiger partial charge in [-0.05, 0) is 23.7 Å². The standard InChI is InChI=1S/C29H30N2O3Si/c1-35(2,3)18-17-34-20-31-25-16-10-8-14-23(25)27(29(31)33)26-22-13-7-9-15-24(22)30(28(26)32)19-21-11-5-4-6-12-21/h4-16H,17-20H2,1-3H3/b27-26+. The molecule has 2 aliphatic rings. The lowest BCUT2D eigenvalue weighted by atomic mass is 9.96. The molecular weight excluding hydrogens is 452 g/mol. The second kappa shape index (κ2) is 9.28. The average Bonchev–Trinajstić information content (AvgIpc) is 3.27. The third-order valence-corrected chi connectivity index (χ3v) is 8.20. The van der Waals surface area contributed by atoms with Crippen LogP contribution in [-0.4, -0.2) is 33.2 Å². The first kappa shape index (κ1) is 23.3. The summed E-state index contributed by atoms with van der Waals surface area (Å²) in [5, 5.41) is 0. The van der Waals surface area contributed by atoms with Gasteiger partial charge in [0.1, 0.15) is 6.73 Å². The van der Waals surface area contributed by atoms with E-state index in [-0.39, 0.29) is 18.5 Å². The number of fused-ring (bicyclic) bond motifs is 2. The molecule has 178 valence electrons. The number of nitrogens with zero attached hydrogens (tertiary/aromatic N) is 2. The molecule has 3 aromatic rings. The zero-order valence-electron chi connectivity index (χ0n) is 20.5. The first-order valence-corrected chi connectivity index (χ1v) is 15.7. The van der Waals surface area contributed by atoms with Gasteiger partial charge in [0.2, 0.25) is 0 Å². The van der Waals surface area contributed by atoms with Crippen molar-refractivity contribution in [1.29, 1.82) is 0 Å². The van der Waals surface area contributed by atoms with Gasteiger partial charge in [0.25, 0.3) is 11.8 Å². The van der Waals surface area contributed by atoms with Gasteiger partial charge in [-0.2, -0.15) is 0 Å². The summed E-state index contributed by atoms with van der Waals surface area (Å²) in [4.78, 5) is 31.1. The third kappa shape index (κ3) is 4.47. The molecule has 0 N–H and O–H groups in total. The second-order valence-electron chi connectivity index (χ2n) is 10.2. The van der Waals surface area contributed by atoms with Crippen LogP contribution in [0.25, 0.3) is 11.1 Å². The first-order chi connectivity index (χ1) is 16.8. The molecule has 0 aromatic heterocycles. The molecule has 35 heavy (non-hydrogen) atoms. The van der Waals surface area contributed by atoms with Crippen LogP contribution < -0.4 is 9.80 Å². The number of carbonyl (C=O) groups is 2. The molecule has 5 rings (SSSR count). The van der Waals surface area contributed by atoms with Gasteiger partial charge in [-0.25, -0.2) is 0 Å². The predicted molar refractivity (Wildman–Crippen MR) is 144 cm³/mol. The second-order valence-corrected chi connectivity index (χ2v) is 15.9. The molecule has 0 bridgehead atoms. The largest absolute Gasteiger partial charge is 0.361 e. The number of benzene rings is 3. The van der Waals surface area contributed by atoms with Crippen LogP contribution in [-0.2, 0) is 20.9 Å². The van der Waals surface area contributed by atoms with Crippen LogP contribution >= 0.6 is 0 Å². The van der Waals surface area contributed by atoms with E-state index in [1.807, 2.05) is 78.9 Å². The number of hydrogen-bond donors (Lipinski definition) is 0. The molecule has 0 radical (unpaired) electrons. The van der Waals surface area contributed by atoms with Gasteiger partial charge < -0.3 is 9.64 Å². The fourth-order valence-electron chi connectivity index (χ4n) is 4.63. The van der Waals surface area contributed by atoms with Gasteiger partial charge in [0.15, 0.2) is 0 Å². The number of anilines is 2. The number of ether oxygens (including phenoxy) is 1. The van der Waals surface area contributed by atoms with Crippen molar-refractivity contribution in [2.24, 2.45) is 0 Å². The highest BCUT2D eigenvalue weighted by atomic mass is 28.3. The Morgan fingerprint density at radius 2 is 1.20 bits per heavy atom. The lowest BCUT2D eigenvalue weighted by Crippen LogP contribution is -2.31. The molecule has 0 saturated heterocycles. The molecular formula is C29H30N2O3Si. The fraction of sp³-hybridized carbons (Fsp3) is 0.241. The van der Waals surface area contributed by atoms with Crippen LogP contribution in [0.3, 0.4) is 0 Å². The maximum Gasteiger partial charge on any atom is 0.261 e. The Morgan fingerprint density at radius 1 is 0.686 bits per heavy atom. The smallest absolute Gasteiger partial charge is 0.261 e. The molecule has 0 atom stereocenters. The van der Waals surface area contributed by atoms with Crippen molar-refractivity contribution in [3.63, 3.8) is 0 Å². The summed E-state index contributed by atoms with van der Waals surface area (Å²) in [6.07, 6.45) is 0. The molecule has 3 aromatic carbocycles. The van der Waals surface area contributed by atoms with Gasteiger partial charge >= 0.3 is 0 Å². The molecule has 0 saturated carbocycles. The van der Waals surface area contributed by atoms with Crippen molar-refractivity contribution in [2.75, 3.05) is 23.1 Å². The van der Waals surface area contributed by atoms with Crippen molar-refractivity contribution in [2.45, 2.75) is 32.2 Å². The van der Waals surface area contributed by atoms with Crippen LogP contribution in [0, 0.1) is 0 Å². The number of carbonyl (C=O) groups excluding carboxylic acids is 2. The van der Waals surface area contributed by atoms with E-state index < -0.39 is 8.07 Å². The maximum atomic E-state index is 13.9. The Hall–Kier alpha value is -3.48. The first-order valence-electron chi connectivity index (χ1n) is 12.0. The average molecular weight is 483 g/mol. The van der Waals surface area contributed by atoms with Gasteiger partial charge in [0, 0.05) is 25.8 Å². The number of amides is 2. The number of rotatable bonds is 7. The summed E-state index contributed by atoms with van der Waals surface area (Å²) in [5.41, 5.74) is 5.18. The minimum atomic E-state index is -1.23. The Morgan fingerprint density at radius 3 is 1.80 bits per heavy atom. The van der Waals surface area contributed by atoms with Crippen LogP contribution in [0.2, 0.25) is 25.7 Å². The molecule has 6 heteroatoms. The van der Waals surface area contributed by atoms with Gasteiger partial charge in [-0.1, -0.05) is 86.4 Å². The van der Waals surface area contributed by atoms with Crippen LogP contribution in [0.4, 0.5) is 11.4 Å². The Balaban J connectivity index is 1.53. The summed E-state index contributed by atoms with van der Waals surface area (Å²) in [6.45, 7) is 8.17. The molecule has 2 aliphatic heterocycles. The van der Waals surface area contributed by atoms with E-state index in [2.05, 4.69) is 19.6 Å². The molecule has 2 amide bonds. The molecule has 0 unspecified atom stereocenters. The topological polar surface area (TPSA) is 49.9 Å². The molecule has 5 nitrogen and oxygen atoms in total. The summed E-state index contributed by atoms with van der Waals surface area (Å²) >= 11 is 0. The maximum absolute atomic E-state index is 13.9. The van der Waals surface area contributed by atoms with E-state index in [1.54, 1.807) is 9.80 Å². The highest BCUT2D eigenvalue weighted by molar-refractivity contribution is 6.76. The van der Waals surface area contributed by atoms with Crippen molar-refractivity contribution in [3.8, 4) is 0 Å². The van der Waals surface area contributed by atoms with Gasteiger partial charge in [-0.15, -0.1) is 0 Å². The Kier molecular flexibility index (Phi) is 6.17. The zero-order valence-corrected chi connectivity index (χ0v) is 21.5. The lowest BCUT2D eigenvalue weighted by molar-refractivity contribution is -0.115. The normalized spacial score (nSPS) is 17.2. The highest BCUT2D eigenvalue weighted by Crippen LogP contribution is 2.46. The molecule has 0 fully saturated rings. The van der Waals surface area contributed by atoms with E-state index in [0.717, 1.165) is 34.1 Å². The summed E-state index contributed by atoms with van der Waals surface area (Å²) in [6, 6.07) is 26.4. The lowest BCUT2D eigenvalue weighted by Gasteiger charge is -2.20. The molecule has 2 heterocycles. The minimum Gasteiger partial charge on any atom is -0.361 e. The fourth-order valence-corrected chi connectivity index (χ4v) is 5.39. The van der Waals surface area contributed by atoms with Crippen LogP contribution in [0.15, 0.2) is 78.9 Å². The molecule has 0 spiro atoms. The summed E-state index contributed by atoms with van der Waals surface area (Å²) < 4.78 is 5.95. The zero-order chi connectivity index (χ0) is 24.6. The monoisotopic (exact) mass is 482 g/mol. The number of hydrogen-bond acceptors (Lipinski definition) is 3. The van der Waals surface area contributed by atoms with Crippen molar-refractivity contribution >= 4 is 42.4 Å². The summed E-state index contributed by atoms with van der Waals surface area (Å²) in [7, 11) is -1.23. The van der Waals surface area contributed by atoms with Crippen molar-refractivity contribution in [3.05, 3.63) is 95.6 Å². The predicted octanol–water partition coefficient (Wildman–Crippen LogP) is 5.80. The van der Waals surface area contributed by atoms with Gasteiger partial charge in [-0.3, -0.25) is 14.5 Å². The van der Waals surface area contributed by atoms with Crippen molar-refractivity contribution in [1.82, 2.24) is 0 Å². The quantitative estimate of drug-likeness (QED) is 0.243. The Bertz CT molecular complexity index is 1310. The summed E-state index contributed by atoms with van der Waals surface area (Å²) in [5.74, 6) is -0.325. The van der Waals surface area contributed by atoms with E-state index in [0.29, 0.717) is 24.3 Å². The SMILES string of the molecule is C[Si](C)(C)CCOCN1C(=O)/C(=C2/C(=O)N(Cc3ccccc3)c3ccccc32)c2ccccc21. The van der Waals surface area contributed by atoms with Crippen molar-refractivity contribution < 1.29 is 14.3 Å². The number of para-hydroxylation sites is 2. The van der Waals surface area contributed by atoms with E-state index >= 15 is 0 Å². The third-order valence-electron chi connectivity index (χ3n) is 6.50. The molecule has 0 aliphatic carbocycles. The van der Waals surface area contributed by atoms with Gasteiger partial charge in [0.05, 0.1) is 29.1 Å². The van der Waals surface area contributed by atoms with Crippen LogP contribution in [0.5, 0.6) is 0 Å². The minimum absolute atomic E-state index is 0.144. The Labute approximate surface area is 207 Å². The van der Waals surface area contributed by atoms with E-state index in [9.17, 15) is 9.59 Å². The van der Waals surface area contributed by atoms with Crippen LogP contribution in [0.1, 0.15) is 16.7 Å². The highest BCUT2D eigenvalue weighted by Gasteiger charge is 2.41. The van der Waals surface area contributed by atoms with E-state index in [4.69, 9.17) is 4.74 Å². The van der Waals surface area contributed by atoms with E-state index in [1.165, 1.54) is 0 Å².